The minimum Gasteiger partial charge on any atom is -0.368 e. The zero-order valence-corrected chi connectivity index (χ0v) is 24.4. The van der Waals surface area contributed by atoms with Gasteiger partial charge in [-0.2, -0.15) is 21.6 Å². The van der Waals surface area contributed by atoms with E-state index < -0.39 is 70.8 Å². The number of benzene rings is 2. The number of aliphatic imine (C=N–C) groups is 1. The molecule has 2 fully saturated rings. The number of morpholine rings is 1. The molecule has 45 heavy (non-hydrogen) atoms. The Bertz CT molecular complexity index is 1750. The Morgan fingerprint density at radius 3 is 2.44 bits per heavy atom. The zero-order valence-electron chi connectivity index (χ0n) is 23.5. The van der Waals surface area contributed by atoms with Crippen molar-refractivity contribution in [3.05, 3.63) is 83.8 Å². The van der Waals surface area contributed by atoms with Crippen molar-refractivity contribution in [1.82, 2.24) is 19.8 Å². The van der Waals surface area contributed by atoms with E-state index in [1.165, 1.54) is 10.9 Å². The fourth-order valence-electron chi connectivity index (χ4n) is 5.85. The van der Waals surface area contributed by atoms with Gasteiger partial charge in [0.15, 0.2) is 17.7 Å². The van der Waals surface area contributed by atoms with Gasteiger partial charge in [0.2, 0.25) is 5.78 Å². The van der Waals surface area contributed by atoms with Gasteiger partial charge in [0.25, 0.3) is 10.1 Å². The van der Waals surface area contributed by atoms with Crippen LogP contribution in [0.5, 0.6) is 0 Å². The second-order valence-electron chi connectivity index (χ2n) is 10.9. The van der Waals surface area contributed by atoms with Gasteiger partial charge >= 0.3 is 12.1 Å². The van der Waals surface area contributed by atoms with Crippen molar-refractivity contribution in [2.45, 2.75) is 42.4 Å². The molecule has 4 heterocycles. The molecule has 13 nitrogen and oxygen atoms in total. The molecule has 1 aromatic heterocycles. The van der Waals surface area contributed by atoms with Crippen molar-refractivity contribution in [3.8, 4) is 0 Å². The largest absolute Gasteiger partial charge is 0.471 e. The van der Waals surface area contributed by atoms with Crippen LogP contribution in [0.1, 0.15) is 27.8 Å². The first-order valence-corrected chi connectivity index (χ1v) is 15.4. The van der Waals surface area contributed by atoms with E-state index in [0.717, 1.165) is 12.6 Å². The predicted octanol–water partition coefficient (Wildman–Crippen LogP) is 1.74. The lowest BCUT2D eigenvalue weighted by molar-refractivity contribution is -0.201. The maximum Gasteiger partial charge on any atom is 0.471 e. The molecule has 3 aliphatic rings. The van der Waals surface area contributed by atoms with Crippen LogP contribution in [0.4, 0.5) is 19.0 Å². The summed E-state index contributed by atoms with van der Waals surface area (Å²) < 4.78 is 84.4. The van der Waals surface area contributed by atoms with Gasteiger partial charge in [0.1, 0.15) is 23.4 Å². The number of imidazole rings is 1. The topological polar surface area (TPSA) is 167 Å². The average molecular weight is 649 g/mol. The van der Waals surface area contributed by atoms with Crippen LogP contribution in [0.3, 0.4) is 0 Å². The van der Waals surface area contributed by atoms with E-state index in [0.29, 0.717) is 10.5 Å². The summed E-state index contributed by atoms with van der Waals surface area (Å²) in [5.41, 5.74) is 3.63. The number of nitrogens with zero attached hydrogens (tertiary/aromatic N) is 4. The molecule has 238 valence electrons. The number of ether oxygens (including phenoxy) is 2. The number of amides is 1. The molecule has 0 spiro atoms. The summed E-state index contributed by atoms with van der Waals surface area (Å²) in [6.07, 6.45) is -4.90. The smallest absolute Gasteiger partial charge is 0.368 e. The third-order valence-corrected chi connectivity index (χ3v) is 8.40. The average Bonchev–Trinajstić information content (AvgIpc) is 3.67. The molecule has 17 heteroatoms. The molecule has 1 unspecified atom stereocenters. The van der Waals surface area contributed by atoms with Gasteiger partial charge in [0.05, 0.1) is 38.7 Å². The molecule has 2 bridgehead atoms. The molecular weight excluding hydrogens is 621 g/mol. The Kier molecular flexibility index (Phi) is 7.56. The Labute approximate surface area is 254 Å². The number of Topliss-reactive ketones (excluding diaryl/α,β-unsaturated/α-hetero) is 1. The molecule has 0 saturated carbocycles. The molecule has 3 aliphatic heterocycles. The lowest BCUT2D eigenvalue weighted by atomic mass is 9.94. The van der Waals surface area contributed by atoms with Gasteiger partial charge < -0.3 is 19.7 Å². The van der Waals surface area contributed by atoms with Crippen molar-refractivity contribution in [3.63, 3.8) is 0 Å². The first-order chi connectivity index (χ1) is 21.2. The molecule has 2 aromatic carbocycles. The monoisotopic (exact) mass is 648 g/mol. The summed E-state index contributed by atoms with van der Waals surface area (Å²) in [5, 5.41) is 2.72. The highest BCUT2D eigenvalue weighted by Gasteiger charge is 2.69. The number of ketones is 1. The number of carbonyl (C=O) groups excluding carboxylic acids is 2. The number of halogens is 3. The molecule has 3 aromatic rings. The van der Waals surface area contributed by atoms with E-state index in [1.54, 1.807) is 60.7 Å². The number of hydrogen-bond donors (Lipinski definition) is 2. The lowest BCUT2D eigenvalue weighted by Gasteiger charge is -2.37. The molecule has 0 aliphatic carbocycles. The highest BCUT2D eigenvalue weighted by Crippen LogP contribution is 2.51. The van der Waals surface area contributed by atoms with Gasteiger partial charge in [-0.1, -0.05) is 60.7 Å². The van der Waals surface area contributed by atoms with E-state index in [1.807, 2.05) is 0 Å². The molecule has 6 rings (SSSR count). The van der Waals surface area contributed by atoms with Crippen LogP contribution in [0, 0.1) is 0 Å². The Morgan fingerprint density at radius 2 is 1.80 bits per heavy atom. The Balaban J connectivity index is 1.43. The minimum absolute atomic E-state index is 0.0292. The number of nitrogens with one attached hydrogen (secondary N) is 1. The van der Waals surface area contributed by atoms with Crippen molar-refractivity contribution in [2.75, 3.05) is 19.4 Å². The quantitative estimate of drug-likeness (QED) is 0.258. The number of alkyl halides is 3. The highest BCUT2D eigenvalue weighted by molar-refractivity contribution is 7.85. The van der Waals surface area contributed by atoms with Crippen molar-refractivity contribution in [2.24, 2.45) is 10.7 Å². The summed E-state index contributed by atoms with van der Waals surface area (Å²) >= 11 is 0. The summed E-state index contributed by atoms with van der Waals surface area (Å²) in [7, 11) is -4.10. The standard InChI is InChI=1S/C28H27F3N6O7S/c1-45(40,41)43-14-26-13-36(25(39)28(29,30)31)19(22(26)42-12-17-8-4-2-5-9-17)24(44-26)37-16-34-20-23(37)33-15-35-27(20,32)21(38)18-10-6-3-7-11-18/h2-11,15-16,19,22,24H,12-14,32H2,1H3,(H,33,35)/t19-,22+,24+,26+,27?/m0/s1. The maximum atomic E-state index is 13.9. The van der Waals surface area contributed by atoms with Crippen LogP contribution in [-0.4, -0.2) is 84.2 Å². The van der Waals surface area contributed by atoms with Crippen molar-refractivity contribution < 1.29 is 44.8 Å². The second kappa shape index (κ2) is 11.0. The molecule has 1 amide bonds. The van der Waals surface area contributed by atoms with Crippen molar-refractivity contribution in [1.29, 1.82) is 0 Å². The molecular formula is C28H27F3N6O7S. The molecule has 0 radical (unpaired) electrons. The van der Waals surface area contributed by atoms with Gasteiger partial charge in [-0.3, -0.25) is 24.1 Å². The summed E-state index contributed by atoms with van der Waals surface area (Å²) in [5.74, 6) is -2.77. The predicted molar refractivity (Wildman–Crippen MR) is 150 cm³/mol. The normalized spacial score (nSPS) is 27.3. The van der Waals surface area contributed by atoms with E-state index in [2.05, 4.69) is 15.3 Å². The Hall–Kier alpha value is -4.16. The number of likely N-dealkylation sites (tertiary alicyclic amines) is 1. The zero-order chi connectivity index (χ0) is 32.2. The Morgan fingerprint density at radius 1 is 1.13 bits per heavy atom. The van der Waals surface area contributed by atoms with Crippen LogP contribution in [-0.2, 0) is 40.8 Å². The highest BCUT2D eigenvalue weighted by atomic mass is 32.2. The van der Waals surface area contributed by atoms with Crippen LogP contribution < -0.4 is 11.1 Å². The van der Waals surface area contributed by atoms with Crippen LogP contribution in [0.25, 0.3) is 0 Å². The SMILES string of the molecule is CS(=O)(=O)OC[C@@]12CN(C(=O)C(F)(F)F)[C@H]([C@H](n3cnc4c3N=CNC4(N)C(=O)c3ccccc3)O1)[C@H]2OCc1ccccc1. The van der Waals surface area contributed by atoms with Crippen LogP contribution in [0.15, 0.2) is 72.0 Å². The number of rotatable bonds is 9. The van der Waals surface area contributed by atoms with Gasteiger partial charge in [-0.05, 0) is 5.56 Å². The van der Waals surface area contributed by atoms with E-state index in [-0.39, 0.29) is 23.7 Å². The number of nitrogens with two attached hydrogens (primary N) is 1. The summed E-state index contributed by atoms with van der Waals surface area (Å²) in [4.78, 5) is 35.4. The first-order valence-electron chi connectivity index (χ1n) is 13.6. The number of hydrogen-bond acceptors (Lipinski definition) is 11. The molecule has 5 atom stereocenters. The summed E-state index contributed by atoms with van der Waals surface area (Å²) in [6, 6.07) is 15.4. The number of aromatic nitrogens is 2. The molecule has 3 N–H and O–H groups in total. The second-order valence-corrected chi connectivity index (χ2v) is 12.6. The minimum atomic E-state index is -5.27. The lowest BCUT2D eigenvalue weighted by Crippen LogP contribution is -2.57. The fourth-order valence-corrected chi connectivity index (χ4v) is 6.26. The van der Waals surface area contributed by atoms with Crippen LogP contribution in [0.2, 0.25) is 0 Å². The summed E-state index contributed by atoms with van der Waals surface area (Å²) in [6.45, 7) is -1.54. The third-order valence-electron chi connectivity index (χ3n) is 7.86. The van der Waals surface area contributed by atoms with Gasteiger partial charge in [0, 0.05) is 5.56 Å². The fraction of sp³-hybridized carbons (Fsp3) is 0.357. The van der Waals surface area contributed by atoms with Gasteiger partial charge in [-0.15, -0.1) is 0 Å². The molecule has 2 saturated heterocycles. The van der Waals surface area contributed by atoms with Crippen LogP contribution >= 0.6 is 0 Å². The van der Waals surface area contributed by atoms with E-state index in [9.17, 15) is 31.2 Å². The maximum absolute atomic E-state index is 13.9. The van der Waals surface area contributed by atoms with Crippen molar-refractivity contribution >= 4 is 34.0 Å². The third kappa shape index (κ3) is 5.50. The van der Waals surface area contributed by atoms with Gasteiger partial charge in [-0.25, -0.2) is 9.98 Å². The van der Waals surface area contributed by atoms with E-state index >= 15 is 0 Å². The van der Waals surface area contributed by atoms with E-state index in [4.69, 9.17) is 19.4 Å². The number of carbonyl (C=O) groups is 2. The first kappa shape index (κ1) is 30.8. The number of fused-ring (bicyclic) bond motifs is 3.